The number of tetrazole rings is 1. The van der Waals surface area contributed by atoms with Gasteiger partial charge < -0.3 is 10.0 Å². The molecule has 0 fully saturated rings. The average molecular weight is 400 g/mol. The fourth-order valence-corrected chi connectivity index (χ4v) is 3.36. The van der Waals surface area contributed by atoms with E-state index in [0.717, 1.165) is 10.0 Å². The van der Waals surface area contributed by atoms with Crippen LogP contribution in [-0.4, -0.2) is 31.6 Å². The molecule has 1 aliphatic rings. The van der Waals surface area contributed by atoms with E-state index >= 15 is 0 Å². The summed E-state index contributed by atoms with van der Waals surface area (Å²) in [6.07, 6.45) is -0.0316. The largest absolute Gasteiger partial charge is 0.375 e. The van der Waals surface area contributed by atoms with Crippen LogP contribution in [-0.2, 0) is 23.4 Å². The molecule has 0 aliphatic carbocycles. The van der Waals surface area contributed by atoms with E-state index in [9.17, 15) is 9.90 Å². The second kappa shape index (κ2) is 6.05. The Morgan fingerprint density at radius 2 is 1.92 bits per heavy atom. The molecule has 0 bridgehead atoms. The average Bonchev–Trinajstić information content (AvgIpc) is 3.19. The predicted octanol–water partition coefficient (Wildman–Crippen LogP) is 1.94. The summed E-state index contributed by atoms with van der Waals surface area (Å²) in [5.74, 6) is -0.0995. The molecular formula is C17H14BrN5O2. The lowest BCUT2D eigenvalue weighted by Crippen LogP contribution is -2.41. The molecule has 7 nitrogen and oxygen atoms in total. The van der Waals surface area contributed by atoms with Gasteiger partial charge in [0.1, 0.15) is 0 Å². The van der Waals surface area contributed by atoms with Crippen molar-refractivity contribution < 1.29 is 9.90 Å². The van der Waals surface area contributed by atoms with Gasteiger partial charge in [-0.2, -0.15) is 5.21 Å². The Kier molecular flexibility index (Phi) is 3.85. The van der Waals surface area contributed by atoms with Crippen LogP contribution in [0.2, 0.25) is 0 Å². The number of anilines is 1. The zero-order valence-corrected chi connectivity index (χ0v) is 14.6. The summed E-state index contributed by atoms with van der Waals surface area (Å²) >= 11 is 3.40. The molecule has 1 amide bonds. The number of nitrogens with zero attached hydrogens (tertiary/aromatic N) is 4. The SMILES string of the molecule is O=C1N(Cc2ccc(Br)cc2)c2ccccc2C1(O)Cc1nn[nH]n1. The monoisotopic (exact) mass is 399 g/mol. The molecular weight excluding hydrogens is 386 g/mol. The lowest BCUT2D eigenvalue weighted by molar-refractivity contribution is -0.136. The van der Waals surface area contributed by atoms with E-state index in [1.165, 1.54) is 0 Å². The summed E-state index contributed by atoms with van der Waals surface area (Å²) in [5.41, 5.74) is 0.522. The number of amides is 1. The van der Waals surface area contributed by atoms with Crippen LogP contribution in [0.15, 0.2) is 53.0 Å². The Balaban J connectivity index is 1.71. The fraction of sp³-hybridized carbons (Fsp3) is 0.176. The maximum Gasteiger partial charge on any atom is 0.264 e. The number of hydrogen-bond donors (Lipinski definition) is 2. The standard InChI is InChI=1S/C17H14BrN5O2/c18-12-7-5-11(6-8-12)10-23-14-4-2-1-3-13(14)17(25,16(23)24)9-15-19-21-22-20-15/h1-8,25H,9-10H2,(H,19,20,21,22). The first-order chi connectivity index (χ1) is 12.1. The Hall–Kier alpha value is -2.58. The zero-order chi connectivity index (χ0) is 17.4. The Bertz CT molecular complexity index is 913. The highest BCUT2D eigenvalue weighted by atomic mass is 79.9. The van der Waals surface area contributed by atoms with Gasteiger partial charge in [0.15, 0.2) is 11.4 Å². The molecule has 1 aromatic heterocycles. The van der Waals surface area contributed by atoms with E-state index in [-0.39, 0.29) is 18.2 Å². The van der Waals surface area contributed by atoms with Crippen molar-refractivity contribution in [1.82, 2.24) is 20.6 Å². The first-order valence-corrected chi connectivity index (χ1v) is 8.48. The van der Waals surface area contributed by atoms with Crippen LogP contribution >= 0.6 is 15.9 Å². The van der Waals surface area contributed by atoms with Crippen molar-refractivity contribution >= 4 is 27.5 Å². The predicted molar refractivity (Wildman–Crippen MR) is 93.6 cm³/mol. The van der Waals surface area contributed by atoms with Crippen LogP contribution in [0, 0.1) is 0 Å². The number of H-pyrrole nitrogens is 1. The van der Waals surface area contributed by atoms with Crippen molar-refractivity contribution in [2.24, 2.45) is 0 Å². The highest BCUT2D eigenvalue weighted by molar-refractivity contribution is 9.10. The molecule has 2 heterocycles. The van der Waals surface area contributed by atoms with E-state index in [1.807, 2.05) is 36.4 Å². The van der Waals surface area contributed by atoms with Gasteiger partial charge in [0.25, 0.3) is 5.91 Å². The molecule has 0 saturated carbocycles. The number of halogens is 1. The maximum atomic E-state index is 13.1. The number of para-hydroxylation sites is 1. The lowest BCUT2D eigenvalue weighted by Gasteiger charge is -2.22. The molecule has 0 saturated heterocycles. The highest BCUT2D eigenvalue weighted by Crippen LogP contribution is 2.42. The van der Waals surface area contributed by atoms with Crippen LogP contribution in [0.1, 0.15) is 17.0 Å². The number of benzene rings is 2. The third kappa shape index (κ3) is 2.73. The van der Waals surface area contributed by atoms with E-state index in [2.05, 4.69) is 36.6 Å². The number of carbonyl (C=O) groups excluding carboxylic acids is 1. The fourth-order valence-electron chi connectivity index (χ4n) is 3.09. The smallest absolute Gasteiger partial charge is 0.264 e. The number of aliphatic hydroxyl groups is 1. The van der Waals surface area contributed by atoms with Gasteiger partial charge in [0.2, 0.25) is 0 Å². The topological polar surface area (TPSA) is 95.0 Å². The molecule has 1 aliphatic heterocycles. The van der Waals surface area contributed by atoms with Gasteiger partial charge in [0, 0.05) is 10.0 Å². The molecule has 4 rings (SSSR count). The quantitative estimate of drug-likeness (QED) is 0.698. The number of carbonyl (C=O) groups is 1. The molecule has 0 spiro atoms. The number of nitrogens with one attached hydrogen (secondary N) is 1. The van der Waals surface area contributed by atoms with E-state index < -0.39 is 5.60 Å². The van der Waals surface area contributed by atoms with Gasteiger partial charge in [0.05, 0.1) is 18.7 Å². The summed E-state index contributed by atoms with van der Waals surface area (Å²) in [6.45, 7) is 0.373. The van der Waals surface area contributed by atoms with Crippen molar-refractivity contribution in [3.8, 4) is 0 Å². The Morgan fingerprint density at radius 1 is 1.16 bits per heavy atom. The zero-order valence-electron chi connectivity index (χ0n) is 13.1. The van der Waals surface area contributed by atoms with E-state index in [1.54, 1.807) is 17.0 Å². The van der Waals surface area contributed by atoms with Crippen LogP contribution in [0.25, 0.3) is 0 Å². The summed E-state index contributed by atoms with van der Waals surface area (Å²) < 4.78 is 0.970. The van der Waals surface area contributed by atoms with Crippen molar-refractivity contribution in [2.75, 3.05) is 4.90 Å². The number of aromatic nitrogens is 4. The number of fused-ring (bicyclic) bond motifs is 1. The minimum Gasteiger partial charge on any atom is -0.375 e. The summed E-state index contributed by atoms with van der Waals surface area (Å²) in [5, 5.41) is 24.7. The second-order valence-electron chi connectivity index (χ2n) is 5.90. The number of aromatic amines is 1. The van der Waals surface area contributed by atoms with Crippen molar-refractivity contribution in [3.63, 3.8) is 0 Å². The molecule has 126 valence electrons. The molecule has 1 unspecified atom stereocenters. The third-order valence-electron chi connectivity index (χ3n) is 4.30. The van der Waals surface area contributed by atoms with Gasteiger partial charge in [-0.25, -0.2) is 0 Å². The first-order valence-electron chi connectivity index (χ1n) is 7.68. The van der Waals surface area contributed by atoms with Crippen LogP contribution in [0.3, 0.4) is 0 Å². The van der Waals surface area contributed by atoms with Crippen LogP contribution in [0.5, 0.6) is 0 Å². The van der Waals surface area contributed by atoms with Gasteiger partial charge in [-0.05, 0) is 23.8 Å². The van der Waals surface area contributed by atoms with Crippen molar-refractivity contribution in [1.29, 1.82) is 0 Å². The highest BCUT2D eigenvalue weighted by Gasteiger charge is 2.50. The Labute approximate surface area is 151 Å². The lowest BCUT2D eigenvalue weighted by atomic mass is 9.91. The summed E-state index contributed by atoms with van der Waals surface area (Å²) in [4.78, 5) is 14.7. The summed E-state index contributed by atoms with van der Waals surface area (Å²) in [7, 11) is 0. The molecule has 8 heteroatoms. The van der Waals surface area contributed by atoms with Crippen LogP contribution < -0.4 is 4.90 Å². The molecule has 1 atom stereocenters. The van der Waals surface area contributed by atoms with Gasteiger partial charge in [-0.15, -0.1) is 10.2 Å². The van der Waals surface area contributed by atoms with E-state index in [0.29, 0.717) is 17.8 Å². The maximum absolute atomic E-state index is 13.1. The molecule has 0 radical (unpaired) electrons. The number of rotatable bonds is 4. The molecule has 2 aromatic carbocycles. The normalized spacial score (nSPS) is 19.3. The van der Waals surface area contributed by atoms with Crippen LogP contribution in [0.4, 0.5) is 5.69 Å². The summed E-state index contributed by atoms with van der Waals surface area (Å²) in [6, 6.07) is 15.0. The molecule has 3 aromatic rings. The Morgan fingerprint density at radius 3 is 2.64 bits per heavy atom. The first kappa shape index (κ1) is 15.9. The van der Waals surface area contributed by atoms with E-state index in [4.69, 9.17) is 0 Å². The third-order valence-corrected chi connectivity index (χ3v) is 4.83. The van der Waals surface area contributed by atoms with Crippen molar-refractivity contribution in [2.45, 2.75) is 18.6 Å². The minimum atomic E-state index is -1.70. The molecule has 25 heavy (non-hydrogen) atoms. The minimum absolute atomic E-state index is 0.0316. The molecule has 2 N–H and O–H groups in total. The second-order valence-corrected chi connectivity index (χ2v) is 6.82. The van der Waals surface area contributed by atoms with Gasteiger partial charge in [-0.1, -0.05) is 51.5 Å². The van der Waals surface area contributed by atoms with Gasteiger partial charge >= 0.3 is 0 Å². The van der Waals surface area contributed by atoms with Crippen molar-refractivity contribution in [3.05, 3.63) is 70.0 Å². The van der Waals surface area contributed by atoms with Gasteiger partial charge in [-0.3, -0.25) is 4.79 Å². The number of hydrogen-bond acceptors (Lipinski definition) is 5.